The van der Waals surface area contributed by atoms with E-state index in [-0.39, 0.29) is 12.4 Å². The fourth-order valence-electron chi connectivity index (χ4n) is 0.717. The molecule has 3 nitrogen and oxygen atoms in total. The van der Waals surface area contributed by atoms with Crippen molar-refractivity contribution in [1.82, 2.24) is 4.72 Å². The monoisotopic (exact) mass is 207 g/mol. The van der Waals surface area contributed by atoms with Crippen molar-refractivity contribution in [3.05, 3.63) is 30.3 Å². The second-order valence-electron chi connectivity index (χ2n) is 2.02. The molecule has 0 aliphatic rings. The molecule has 0 heterocycles. The van der Waals surface area contributed by atoms with E-state index in [2.05, 4.69) is 4.72 Å². The van der Waals surface area contributed by atoms with Gasteiger partial charge in [-0.15, -0.1) is 12.4 Å². The predicted octanol–water partition coefficient (Wildman–Crippen LogP) is 1.02. The minimum atomic E-state index is -3.25. The van der Waals surface area contributed by atoms with Crippen molar-refractivity contribution in [2.75, 3.05) is 7.05 Å². The van der Waals surface area contributed by atoms with E-state index >= 15 is 0 Å². The van der Waals surface area contributed by atoms with Gasteiger partial charge in [0.25, 0.3) is 0 Å². The van der Waals surface area contributed by atoms with E-state index in [0.717, 1.165) is 0 Å². The Labute approximate surface area is 78.3 Å². The summed E-state index contributed by atoms with van der Waals surface area (Å²) in [6, 6.07) is 8.24. The van der Waals surface area contributed by atoms with Crippen LogP contribution in [0.5, 0.6) is 0 Å². The molecule has 0 saturated carbocycles. The fraction of sp³-hybridized carbons (Fsp3) is 0.143. The zero-order valence-electron chi connectivity index (χ0n) is 6.52. The number of benzene rings is 1. The maximum atomic E-state index is 11.1. The Morgan fingerprint density at radius 1 is 1.17 bits per heavy atom. The number of hydrogen-bond acceptors (Lipinski definition) is 2. The van der Waals surface area contributed by atoms with E-state index in [9.17, 15) is 8.42 Å². The van der Waals surface area contributed by atoms with Gasteiger partial charge in [-0.05, 0) is 19.2 Å². The number of rotatable bonds is 2. The highest BCUT2D eigenvalue weighted by molar-refractivity contribution is 7.89. The summed E-state index contributed by atoms with van der Waals surface area (Å²) in [5.74, 6) is 0. The van der Waals surface area contributed by atoms with Crippen molar-refractivity contribution >= 4 is 22.4 Å². The van der Waals surface area contributed by atoms with Gasteiger partial charge in [0.05, 0.1) is 4.90 Å². The first kappa shape index (κ1) is 11.4. The first-order chi connectivity index (χ1) is 5.17. The van der Waals surface area contributed by atoms with Gasteiger partial charge in [-0.25, -0.2) is 13.1 Å². The summed E-state index contributed by atoms with van der Waals surface area (Å²) in [5, 5.41) is 0. The molecule has 0 amide bonds. The van der Waals surface area contributed by atoms with E-state index in [1.54, 1.807) is 30.3 Å². The standard InChI is InChI=1S/C7H9NO2S.ClH/c1-8-11(9,10)7-5-3-2-4-6-7;/h2-6,8H,1H3;1H. The van der Waals surface area contributed by atoms with Crippen LogP contribution in [0.2, 0.25) is 0 Å². The van der Waals surface area contributed by atoms with Crippen LogP contribution in [0.15, 0.2) is 35.2 Å². The van der Waals surface area contributed by atoms with Gasteiger partial charge in [0, 0.05) is 0 Å². The number of halogens is 1. The molecule has 0 aliphatic heterocycles. The third-order valence-corrected chi connectivity index (χ3v) is 2.75. The third-order valence-electron chi connectivity index (χ3n) is 1.32. The summed E-state index contributed by atoms with van der Waals surface area (Å²) >= 11 is 0. The maximum absolute atomic E-state index is 11.1. The zero-order chi connectivity index (χ0) is 8.32. The van der Waals surface area contributed by atoms with Gasteiger partial charge in [-0.3, -0.25) is 0 Å². The van der Waals surface area contributed by atoms with Crippen LogP contribution in [0.1, 0.15) is 0 Å². The minimum Gasteiger partial charge on any atom is -0.214 e. The lowest BCUT2D eigenvalue weighted by molar-refractivity contribution is 0.588. The molecule has 0 aliphatic carbocycles. The van der Waals surface area contributed by atoms with Gasteiger partial charge in [-0.2, -0.15) is 0 Å². The summed E-state index contributed by atoms with van der Waals surface area (Å²) in [6.07, 6.45) is 0. The molecule has 0 aromatic heterocycles. The molecule has 0 radical (unpaired) electrons. The summed E-state index contributed by atoms with van der Waals surface area (Å²) in [4.78, 5) is 0.294. The summed E-state index contributed by atoms with van der Waals surface area (Å²) in [6.45, 7) is 0. The second-order valence-corrected chi connectivity index (χ2v) is 3.91. The molecule has 5 heteroatoms. The zero-order valence-corrected chi connectivity index (χ0v) is 8.15. The molecular formula is C7H10ClNO2S. The van der Waals surface area contributed by atoms with Crippen molar-refractivity contribution in [2.24, 2.45) is 0 Å². The number of hydrogen-bond donors (Lipinski definition) is 1. The Kier molecular flexibility index (Phi) is 4.23. The average Bonchev–Trinajstić information content (AvgIpc) is 2.06. The molecule has 0 fully saturated rings. The lowest BCUT2D eigenvalue weighted by Crippen LogP contribution is -2.18. The van der Waals surface area contributed by atoms with Crippen LogP contribution < -0.4 is 4.72 Å². The molecule has 1 N–H and O–H groups in total. The maximum Gasteiger partial charge on any atom is 0.240 e. The van der Waals surface area contributed by atoms with Gasteiger partial charge >= 0.3 is 0 Å². The third kappa shape index (κ3) is 2.48. The van der Waals surface area contributed by atoms with Gasteiger partial charge in [-0.1, -0.05) is 18.2 Å². The molecule has 0 bridgehead atoms. The quantitative estimate of drug-likeness (QED) is 0.787. The smallest absolute Gasteiger partial charge is 0.214 e. The minimum absolute atomic E-state index is 0. The molecule has 0 unspecified atom stereocenters. The Morgan fingerprint density at radius 2 is 1.67 bits per heavy atom. The molecule has 1 aromatic rings. The lowest BCUT2D eigenvalue weighted by atomic mass is 10.4. The largest absolute Gasteiger partial charge is 0.240 e. The van der Waals surface area contributed by atoms with Crippen LogP contribution in [0.3, 0.4) is 0 Å². The van der Waals surface area contributed by atoms with Crippen LogP contribution in [0, 0.1) is 0 Å². The van der Waals surface area contributed by atoms with Crippen LogP contribution in [0.25, 0.3) is 0 Å². The predicted molar refractivity (Wildman–Crippen MR) is 49.9 cm³/mol. The van der Waals surface area contributed by atoms with Crippen molar-refractivity contribution < 1.29 is 8.42 Å². The number of sulfonamides is 1. The highest BCUT2D eigenvalue weighted by Gasteiger charge is 2.08. The van der Waals surface area contributed by atoms with Crippen molar-refractivity contribution in [1.29, 1.82) is 0 Å². The van der Waals surface area contributed by atoms with Crippen molar-refractivity contribution in [2.45, 2.75) is 4.90 Å². The first-order valence-electron chi connectivity index (χ1n) is 3.15. The first-order valence-corrected chi connectivity index (χ1v) is 4.64. The molecule has 0 saturated heterocycles. The summed E-state index contributed by atoms with van der Waals surface area (Å²) in [7, 11) is -1.86. The van der Waals surface area contributed by atoms with Gasteiger partial charge < -0.3 is 0 Å². The van der Waals surface area contributed by atoms with E-state index in [1.165, 1.54) is 7.05 Å². The highest BCUT2D eigenvalue weighted by Crippen LogP contribution is 2.05. The van der Waals surface area contributed by atoms with Crippen LogP contribution in [-0.4, -0.2) is 15.5 Å². The fourth-order valence-corrected chi connectivity index (χ4v) is 1.47. The normalized spacial score (nSPS) is 10.4. The molecule has 0 spiro atoms. The molecule has 1 aromatic carbocycles. The van der Waals surface area contributed by atoms with Crippen LogP contribution in [0.4, 0.5) is 0 Å². The molecule has 0 atom stereocenters. The van der Waals surface area contributed by atoms with Gasteiger partial charge in [0.1, 0.15) is 0 Å². The Bertz CT molecular complexity index is 323. The SMILES string of the molecule is CNS(=O)(=O)c1ccccc1.Cl. The Morgan fingerprint density at radius 3 is 2.08 bits per heavy atom. The van der Waals surface area contributed by atoms with Crippen molar-refractivity contribution in [3.8, 4) is 0 Å². The Hall–Kier alpha value is -0.580. The van der Waals surface area contributed by atoms with E-state index in [0.29, 0.717) is 4.90 Å². The average molecular weight is 208 g/mol. The van der Waals surface area contributed by atoms with E-state index < -0.39 is 10.0 Å². The Balaban J connectivity index is 0.00000121. The topological polar surface area (TPSA) is 46.2 Å². The summed E-state index contributed by atoms with van der Waals surface area (Å²) < 4.78 is 24.4. The van der Waals surface area contributed by atoms with Crippen LogP contribution in [-0.2, 0) is 10.0 Å². The number of nitrogens with one attached hydrogen (secondary N) is 1. The van der Waals surface area contributed by atoms with Gasteiger partial charge in [0.15, 0.2) is 0 Å². The summed E-state index contributed by atoms with van der Waals surface area (Å²) in [5.41, 5.74) is 0. The van der Waals surface area contributed by atoms with E-state index in [4.69, 9.17) is 0 Å². The highest BCUT2D eigenvalue weighted by atomic mass is 35.5. The van der Waals surface area contributed by atoms with Crippen LogP contribution >= 0.6 is 12.4 Å². The van der Waals surface area contributed by atoms with Crippen molar-refractivity contribution in [3.63, 3.8) is 0 Å². The molecule has 12 heavy (non-hydrogen) atoms. The van der Waals surface area contributed by atoms with E-state index in [1.807, 2.05) is 0 Å². The second kappa shape index (κ2) is 4.45. The molecular weight excluding hydrogens is 198 g/mol. The lowest BCUT2D eigenvalue weighted by Gasteiger charge is -1.99. The molecule has 68 valence electrons. The molecule has 1 rings (SSSR count). The van der Waals surface area contributed by atoms with Gasteiger partial charge in [0.2, 0.25) is 10.0 Å².